The van der Waals surface area contributed by atoms with Crippen LogP contribution in [0, 0.1) is 13.8 Å². The van der Waals surface area contributed by atoms with E-state index in [1.165, 1.54) is 0 Å². The molecule has 1 amide bonds. The molecule has 256 valence electrons. The fraction of sp³-hybridized carbons (Fsp3) is 0.375. The second-order valence-electron chi connectivity index (χ2n) is 13.0. The summed E-state index contributed by atoms with van der Waals surface area (Å²) in [6.45, 7) is 5.22. The molecule has 3 unspecified atom stereocenters. The maximum atomic E-state index is 14.6. The number of nitrogens with one attached hydrogen (secondary N) is 1. The number of hydrogen-bond acceptors (Lipinski definition) is 8. The van der Waals surface area contributed by atoms with Crippen molar-refractivity contribution in [2.75, 3.05) is 34.7 Å². The largest absolute Gasteiger partial charge is 0.496 e. The number of carbonyl (C=O) groups is 1. The monoisotopic (exact) mass is 664 g/mol. The van der Waals surface area contributed by atoms with Crippen LogP contribution >= 0.6 is 0 Å². The Morgan fingerprint density at radius 2 is 1.45 bits per heavy atom. The van der Waals surface area contributed by atoms with E-state index in [0.29, 0.717) is 37.6 Å². The van der Waals surface area contributed by atoms with Crippen LogP contribution in [0.3, 0.4) is 0 Å². The van der Waals surface area contributed by atoms with Crippen LogP contribution in [0.1, 0.15) is 56.6 Å². The highest BCUT2D eigenvalue weighted by Gasteiger charge is 2.53. The molecule has 9 heteroatoms. The first-order valence-corrected chi connectivity index (χ1v) is 16.8. The molecule has 1 N–H and O–H groups in total. The van der Waals surface area contributed by atoms with Gasteiger partial charge in [0, 0.05) is 23.8 Å². The standard InChI is InChI=1S/C40H44N2O7/c1-24-16-28-18-30-40(43)42-31(36(41-30)34(28)39(38(24)46-5)48-21-27-14-10-7-11-15-27)19-29-35(32(42)22-47-20-26-12-8-6-9-13-26)33(49-23-44-3)17-25(2)37(29)45-4/h6-17,30-32,36,41H,18-23H2,1-5H3/t30-,31?,32?,36?/m0/s1. The molecule has 1 fully saturated rings. The molecule has 4 atom stereocenters. The van der Waals surface area contributed by atoms with Crippen LogP contribution in [0.2, 0.25) is 0 Å². The Kier molecular flexibility index (Phi) is 9.49. The van der Waals surface area contributed by atoms with Crippen molar-refractivity contribution < 1.29 is 33.2 Å². The molecule has 3 aliphatic rings. The highest BCUT2D eigenvalue weighted by molar-refractivity contribution is 5.86. The molecule has 4 aromatic rings. The van der Waals surface area contributed by atoms with Gasteiger partial charge in [0.05, 0.1) is 51.6 Å². The summed E-state index contributed by atoms with van der Waals surface area (Å²) in [5, 5.41) is 3.74. The summed E-state index contributed by atoms with van der Waals surface area (Å²) >= 11 is 0. The lowest BCUT2D eigenvalue weighted by Crippen LogP contribution is -2.66. The van der Waals surface area contributed by atoms with E-state index in [9.17, 15) is 4.79 Å². The van der Waals surface area contributed by atoms with E-state index >= 15 is 0 Å². The van der Waals surface area contributed by atoms with Gasteiger partial charge in [-0.2, -0.15) is 0 Å². The zero-order valence-corrected chi connectivity index (χ0v) is 28.8. The highest BCUT2D eigenvalue weighted by Crippen LogP contribution is 2.53. The molecule has 3 heterocycles. The van der Waals surface area contributed by atoms with Gasteiger partial charge in [0.25, 0.3) is 0 Å². The third-order valence-electron chi connectivity index (χ3n) is 9.96. The second-order valence-corrected chi connectivity index (χ2v) is 13.0. The smallest absolute Gasteiger partial charge is 0.240 e. The molecule has 49 heavy (non-hydrogen) atoms. The number of aryl methyl sites for hydroxylation is 2. The van der Waals surface area contributed by atoms with Gasteiger partial charge in [0.1, 0.15) is 18.1 Å². The molecular formula is C40H44N2O7. The number of hydrogen-bond donors (Lipinski definition) is 1. The quantitative estimate of drug-likeness (QED) is 0.180. The average Bonchev–Trinajstić information content (AvgIpc) is 3.12. The van der Waals surface area contributed by atoms with Gasteiger partial charge >= 0.3 is 0 Å². The van der Waals surface area contributed by atoms with Gasteiger partial charge in [-0.15, -0.1) is 0 Å². The van der Waals surface area contributed by atoms with Gasteiger partial charge in [-0.05, 0) is 60.6 Å². The van der Waals surface area contributed by atoms with E-state index in [0.717, 1.165) is 56.0 Å². The predicted octanol–water partition coefficient (Wildman–Crippen LogP) is 6.16. The zero-order valence-electron chi connectivity index (χ0n) is 28.8. The van der Waals surface area contributed by atoms with Crippen LogP contribution in [0.15, 0.2) is 72.8 Å². The van der Waals surface area contributed by atoms with Crippen LogP contribution in [-0.2, 0) is 40.3 Å². The van der Waals surface area contributed by atoms with Crippen molar-refractivity contribution >= 4 is 5.91 Å². The molecule has 0 spiro atoms. The van der Waals surface area contributed by atoms with Gasteiger partial charge in [-0.3, -0.25) is 10.1 Å². The number of ether oxygens (including phenoxy) is 6. The third-order valence-corrected chi connectivity index (χ3v) is 9.96. The van der Waals surface area contributed by atoms with E-state index in [-0.39, 0.29) is 31.4 Å². The van der Waals surface area contributed by atoms with E-state index in [1.54, 1.807) is 21.3 Å². The molecule has 0 radical (unpaired) electrons. The first-order valence-electron chi connectivity index (χ1n) is 16.8. The van der Waals surface area contributed by atoms with E-state index in [2.05, 4.69) is 23.5 Å². The summed E-state index contributed by atoms with van der Waals surface area (Å²) in [7, 11) is 4.99. The Balaban J connectivity index is 1.35. The lowest BCUT2D eigenvalue weighted by atomic mass is 9.74. The van der Waals surface area contributed by atoms with Gasteiger partial charge in [0.15, 0.2) is 18.3 Å². The topological polar surface area (TPSA) is 87.7 Å². The molecule has 3 aliphatic heterocycles. The number of methoxy groups -OCH3 is 3. The van der Waals surface area contributed by atoms with Crippen molar-refractivity contribution in [1.82, 2.24) is 10.2 Å². The minimum absolute atomic E-state index is 0.0447. The average molecular weight is 665 g/mol. The summed E-state index contributed by atoms with van der Waals surface area (Å²) in [6, 6.07) is 23.0. The van der Waals surface area contributed by atoms with Crippen LogP contribution in [0.5, 0.6) is 23.0 Å². The Morgan fingerprint density at radius 1 is 0.776 bits per heavy atom. The van der Waals surface area contributed by atoms with Crippen LogP contribution in [0.4, 0.5) is 0 Å². The van der Waals surface area contributed by atoms with Crippen molar-refractivity contribution in [3.05, 3.63) is 117 Å². The number of amides is 1. The number of nitrogens with zero attached hydrogens (tertiary/aromatic N) is 1. The zero-order chi connectivity index (χ0) is 34.1. The lowest BCUT2D eigenvalue weighted by Gasteiger charge is -2.54. The van der Waals surface area contributed by atoms with E-state index < -0.39 is 12.1 Å². The number of piperazine rings is 1. The third kappa shape index (κ3) is 6.11. The SMILES string of the molecule is COCOc1cc(C)c(OC)c2c1C(COCc1ccccc1)N1C(=O)[C@@H]3Cc4cc(C)c(OC)c(OCc5ccccc5)c4C(N3)C1C2. The van der Waals surface area contributed by atoms with Gasteiger partial charge in [-0.25, -0.2) is 0 Å². The second kappa shape index (κ2) is 14.1. The number of fused-ring (bicyclic) bond motifs is 7. The fourth-order valence-electron chi connectivity index (χ4n) is 7.95. The van der Waals surface area contributed by atoms with Crippen molar-refractivity contribution in [3.63, 3.8) is 0 Å². The maximum Gasteiger partial charge on any atom is 0.240 e. The molecule has 0 aliphatic carbocycles. The molecule has 7 rings (SSSR count). The minimum atomic E-state index is -0.430. The van der Waals surface area contributed by atoms with E-state index in [4.69, 9.17) is 28.4 Å². The molecule has 4 aromatic carbocycles. The highest BCUT2D eigenvalue weighted by atomic mass is 16.7. The van der Waals surface area contributed by atoms with Crippen molar-refractivity contribution in [1.29, 1.82) is 0 Å². The normalized spacial score (nSPS) is 20.6. The Morgan fingerprint density at radius 3 is 2.12 bits per heavy atom. The van der Waals surface area contributed by atoms with Gasteiger partial charge in [0.2, 0.25) is 5.91 Å². The number of rotatable bonds is 12. The van der Waals surface area contributed by atoms with Crippen molar-refractivity contribution in [2.45, 2.75) is 64.1 Å². The lowest BCUT2D eigenvalue weighted by molar-refractivity contribution is -0.148. The number of carbonyl (C=O) groups excluding carboxylic acids is 1. The first kappa shape index (κ1) is 33.0. The Hall–Kier alpha value is -4.57. The molecular weight excluding hydrogens is 620 g/mol. The molecule has 1 saturated heterocycles. The Labute approximate surface area is 288 Å². The Bertz CT molecular complexity index is 1810. The van der Waals surface area contributed by atoms with Crippen LogP contribution in [0.25, 0.3) is 0 Å². The van der Waals surface area contributed by atoms with Crippen LogP contribution in [-0.4, -0.2) is 57.6 Å². The molecule has 0 saturated carbocycles. The van der Waals surface area contributed by atoms with Crippen molar-refractivity contribution in [3.8, 4) is 23.0 Å². The number of benzene rings is 4. The fourth-order valence-corrected chi connectivity index (χ4v) is 7.95. The summed E-state index contributed by atoms with van der Waals surface area (Å²) in [4.78, 5) is 16.7. The first-order chi connectivity index (χ1) is 23.9. The molecule has 0 aromatic heterocycles. The maximum absolute atomic E-state index is 14.6. The summed E-state index contributed by atoms with van der Waals surface area (Å²) in [6.07, 6.45) is 1.08. The predicted molar refractivity (Wildman–Crippen MR) is 185 cm³/mol. The van der Waals surface area contributed by atoms with Gasteiger partial charge in [-0.1, -0.05) is 66.7 Å². The van der Waals surface area contributed by atoms with E-state index in [1.807, 2.05) is 73.3 Å². The summed E-state index contributed by atoms with van der Waals surface area (Å²) < 4.78 is 36.7. The molecule has 9 nitrogen and oxygen atoms in total. The summed E-state index contributed by atoms with van der Waals surface area (Å²) in [5.41, 5.74) is 8.10. The van der Waals surface area contributed by atoms with Crippen molar-refractivity contribution in [2.24, 2.45) is 0 Å². The summed E-state index contributed by atoms with van der Waals surface area (Å²) in [5.74, 6) is 2.93. The molecule has 2 bridgehead atoms. The minimum Gasteiger partial charge on any atom is -0.496 e. The van der Waals surface area contributed by atoms with Crippen LogP contribution < -0.4 is 24.3 Å². The van der Waals surface area contributed by atoms with Gasteiger partial charge < -0.3 is 33.3 Å².